The van der Waals surface area contributed by atoms with Gasteiger partial charge in [0.15, 0.2) is 11.9 Å². The second-order valence-electron chi connectivity index (χ2n) is 4.80. The first-order valence-electron chi connectivity index (χ1n) is 6.40. The van der Waals surface area contributed by atoms with E-state index in [1.165, 1.54) is 10.9 Å². The van der Waals surface area contributed by atoms with Gasteiger partial charge in [0.05, 0.1) is 18.6 Å². The second kappa shape index (κ2) is 5.39. The Morgan fingerprint density at radius 2 is 2.19 bits per heavy atom. The summed E-state index contributed by atoms with van der Waals surface area (Å²) in [5, 5.41) is 32.3. The largest absolute Gasteiger partial charge is 0.394 e. The van der Waals surface area contributed by atoms with E-state index in [-0.39, 0.29) is 5.15 Å². The van der Waals surface area contributed by atoms with Gasteiger partial charge in [0.2, 0.25) is 0 Å². The fourth-order valence-electron chi connectivity index (χ4n) is 2.46. The van der Waals surface area contributed by atoms with E-state index in [2.05, 4.69) is 15.3 Å². The van der Waals surface area contributed by atoms with Crippen LogP contribution < -0.4 is 5.32 Å². The van der Waals surface area contributed by atoms with Gasteiger partial charge < -0.3 is 25.4 Å². The first kappa shape index (κ1) is 14.5. The van der Waals surface area contributed by atoms with Crippen LogP contribution in [0, 0.1) is 0 Å². The topological polar surface area (TPSA) is 113 Å². The van der Waals surface area contributed by atoms with Crippen LogP contribution in [-0.2, 0) is 4.74 Å². The molecule has 3 rings (SSSR count). The van der Waals surface area contributed by atoms with Gasteiger partial charge in [0, 0.05) is 13.1 Å². The van der Waals surface area contributed by atoms with Gasteiger partial charge >= 0.3 is 0 Å². The first-order chi connectivity index (χ1) is 10.1. The number of fused-ring (bicyclic) bond motifs is 1. The molecule has 2 aromatic heterocycles. The predicted molar refractivity (Wildman–Crippen MR) is 75.1 cm³/mol. The number of nitrogens with zero attached hydrogens (tertiary/aromatic N) is 3. The molecular weight excluding hydrogens is 300 g/mol. The van der Waals surface area contributed by atoms with Crippen LogP contribution in [0.3, 0.4) is 0 Å². The summed E-state index contributed by atoms with van der Waals surface area (Å²) < 4.78 is 6.96. The highest BCUT2D eigenvalue weighted by Gasteiger charge is 2.44. The zero-order valence-corrected chi connectivity index (χ0v) is 11.9. The highest BCUT2D eigenvalue weighted by atomic mass is 35.5. The fourth-order valence-corrected chi connectivity index (χ4v) is 2.65. The number of rotatable bonds is 3. The van der Waals surface area contributed by atoms with Crippen LogP contribution in [0.4, 0.5) is 5.69 Å². The van der Waals surface area contributed by atoms with Crippen molar-refractivity contribution in [1.82, 2.24) is 14.5 Å². The summed E-state index contributed by atoms with van der Waals surface area (Å²) in [7, 11) is 1.73. The standard InChI is InChI=1S/C12H15ClN4O4/c1-14-5-2-7(13)16-11-8(5)15-4-17(11)12-10(20)9(19)6(3-18)21-12/h2,4,6,9-10,12,18-20H,3H2,1H3,(H,14,16)/t6-,9-,10-,12-/m1/s1. The molecule has 3 heterocycles. The molecule has 0 aromatic carbocycles. The summed E-state index contributed by atoms with van der Waals surface area (Å²) in [4.78, 5) is 8.42. The zero-order chi connectivity index (χ0) is 15.1. The number of hydrogen-bond acceptors (Lipinski definition) is 7. The molecule has 0 radical (unpaired) electrons. The smallest absolute Gasteiger partial charge is 0.165 e. The number of pyridine rings is 1. The Morgan fingerprint density at radius 3 is 2.81 bits per heavy atom. The van der Waals surface area contributed by atoms with E-state index >= 15 is 0 Å². The van der Waals surface area contributed by atoms with Gasteiger partial charge in [-0.05, 0) is 0 Å². The van der Waals surface area contributed by atoms with E-state index in [0.29, 0.717) is 16.9 Å². The van der Waals surface area contributed by atoms with Crippen LogP contribution in [0.5, 0.6) is 0 Å². The van der Waals surface area contributed by atoms with Crippen LogP contribution in [0.1, 0.15) is 6.23 Å². The molecule has 9 heteroatoms. The minimum atomic E-state index is -1.20. The summed E-state index contributed by atoms with van der Waals surface area (Å²) in [5.74, 6) is 0. The molecule has 4 N–H and O–H groups in total. The van der Waals surface area contributed by atoms with Crippen molar-refractivity contribution in [2.45, 2.75) is 24.5 Å². The molecule has 21 heavy (non-hydrogen) atoms. The molecule has 0 amide bonds. The van der Waals surface area contributed by atoms with Gasteiger partial charge in [-0.1, -0.05) is 11.6 Å². The highest BCUT2D eigenvalue weighted by Crippen LogP contribution is 2.33. The Labute approximate surface area is 125 Å². The van der Waals surface area contributed by atoms with E-state index in [4.69, 9.17) is 21.4 Å². The molecule has 0 spiro atoms. The molecule has 0 unspecified atom stereocenters. The molecule has 0 saturated carbocycles. The van der Waals surface area contributed by atoms with Gasteiger partial charge in [0.25, 0.3) is 0 Å². The number of halogens is 1. The summed E-state index contributed by atoms with van der Waals surface area (Å²) in [6, 6.07) is 1.64. The molecule has 114 valence electrons. The summed E-state index contributed by atoms with van der Waals surface area (Å²) in [6.07, 6.45) is -2.67. The molecule has 1 aliphatic rings. The number of aromatic nitrogens is 3. The zero-order valence-electron chi connectivity index (χ0n) is 11.1. The van der Waals surface area contributed by atoms with Crippen LogP contribution in [0.2, 0.25) is 5.15 Å². The molecule has 2 aromatic rings. The van der Waals surface area contributed by atoms with Gasteiger partial charge in [-0.3, -0.25) is 4.57 Å². The monoisotopic (exact) mass is 314 g/mol. The number of nitrogens with one attached hydrogen (secondary N) is 1. The lowest BCUT2D eigenvalue weighted by molar-refractivity contribution is -0.0511. The van der Waals surface area contributed by atoms with Crippen molar-refractivity contribution in [2.24, 2.45) is 0 Å². The van der Waals surface area contributed by atoms with Gasteiger partial charge in [0.1, 0.15) is 29.0 Å². The van der Waals surface area contributed by atoms with Crippen molar-refractivity contribution in [1.29, 1.82) is 0 Å². The maximum absolute atomic E-state index is 10.1. The van der Waals surface area contributed by atoms with E-state index < -0.39 is 31.1 Å². The predicted octanol–water partition coefficient (Wildman–Crippen LogP) is -0.262. The quantitative estimate of drug-likeness (QED) is 0.577. The summed E-state index contributed by atoms with van der Waals surface area (Å²) >= 11 is 5.97. The van der Waals surface area contributed by atoms with Crippen LogP contribution >= 0.6 is 11.6 Å². The minimum absolute atomic E-state index is 0.264. The average Bonchev–Trinajstić information content (AvgIpc) is 3.01. The number of imidazole rings is 1. The van der Waals surface area contributed by atoms with Crippen molar-refractivity contribution in [3.8, 4) is 0 Å². The number of aliphatic hydroxyl groups excluding tert-OH is 3. The normalized spacial score (nSPS) is 29.2. The first-order valence-corrected chi connectivity index (χ1v) is 6.78. The number of anilines is 1. The van der Waals surface area contributed by atoms with E-state index in [9.17, 15) is 10.2 Å². The molecule has 8 nitrogen and oxygen atoms in total. The van der Waals surface area contributed by atoms with E-state index in [1.807, 2.05) is 0 Å². The summed E-state index contributed by atoms with van der Waals surface area (Å²) in [6.45, 7) is -0.392. The average molecular weight is 315 g/mol. The molecule has 1 saturated heterocycles. The number of hydrogen-bond donors (Lipinski definition) is 4. The lowest BCUT2D eigenvalue weighted by atomic mass is 10.1. The molecular formula is C12H15ClN4O4. The third-order valence-electron chi connectivity index (χ3n) is 3.56. The molecule has 0 aliphatic carbocycles. The lowest BCUT2D eigenvalue weighted by Gasteiger charge is -2.16. The molecule has 1 aliphatic heterocycles. The maximum atomic E-state index is 10.1. The Kier molecular flexibility index (Phi) is 3.72. The number of ether oxygens (including phenoxy) is 1. The second-order valence-corrected chi connectivity index (χ2v) is 5.18. The van der Waals surface area contributed by atoms with Crippen LogP contribution in [0.25, 0.3) is 11.2 Å². The lowest BCUT2D eigenvalue weighted by Crippen LogP contribution is -2.33. The maximum Gasteiger partial charge on any atom is 0.165 e. The Balaban J connectivity index is 2.07. The Morgan fingerprint density at radius 1 is 1.43 bits per heavy atom. The van der Waals surface area contributed by atoms with Crippen molar-refractivity contribution in [3.05, 3.63) is 17.5 Å². The molecule has 1 fully saturated rings. The van der Waals surface area contributed by atoms with E-state index in [0.717, 1.165) is 0 Å². The van der Waals surface area contributed by atoms with Gasteiger partial charge in [-0.15, -0.1) is 0 Å². The Hall–Kier alpha value is -1.45. The summed E-state index contributed by atoms with van der Waals surface area (Å²) in [5.41, 5.74) is 1.68. The van der Waals surface area contributed by atoms with Crippen molar-refractivity contribution < 1.29 is 20.1 Å². The third-order valence-corrected chi connectivity index (χ3v) is 3.75. The van der Waals surface area contributed by atoms with Gasteiger partial charge in [-0.25, -0.2) is 9.97 Å². The highest BCUT2D eigenvalue weighted by molar-refractivity contribution is 6.30. The SMILES string of the molecule is CNc1cc(Cl)nc2c1ncn2[C@@H]1O[C@H](CO)[C@@H](O)[C@H]1O. The van der Waals surface area contributed by atoms with Gasteiger partial charge in [-0.2, -0.15) is 0 Å². The van der Waals surface area contributed by atoms with Crippen molar-refractivity contribution in [3.63, 3.8) is 0 Å². The molecule has 0 bridgehead atoms. The van der Waals surface area contributed by atoms with E-state index in [1.54, 1.807) is 13.1 Å². The van der Waals surface area contributed by atoms with Crippen molar-refractivity contribution in [2.75, 3.05) is 19.0 Å². The number of aliphatic hydroxyl groups is 3. The van der Waals surface area contributed by atoms with Crippen molar-refractivity contribution >= 4 is 28.5 Å². The fraction of sp³-hybridized carbons (Fsp3) is 0.500. The molecule has 4 atom stereocenters. The Bertz CT molecular complexity index is 664. The van der Waals surface area contributed by atoms with Crippen LogP contribution in [-0.4, -0.2) is 61.8 Å². The third kappa shape index (κ3) is 2.25. The minimum Gasteiger partial charge on any atom is -0.394 e. The van der Waals surface area contributed by atoms with Crippen LogP contribution in [0.15, 0.2) is 12.4 Å².